The van der Waals surface area contributed by atoms with Gasteiger partial charge in [-0.1, -0.05) is 78.9 Å². The van der Waals surface area contributed by atoms with E-state index >= 15 is 0 Å². The van der Waals surface area contributed by atoms with Crippen molar-refractivity contribution in [2.24, 2.45) is 0 Å². The van der Waals surface area contributed by atoms with E-state index in [0.717, 1.165) is 16.7 Å². The first kappa shape index (κ1) is 24.1. The fourth-order valence-corrected chi connectivity index (χ4v) is 5.23. The molecule has 42 heavy (non-hydrogen) atoms. The topological polar surface area (TPSA) is 146 Å². The number of nitrogens with zero attached hydrogens (tertiary/aromatic N) is 10. The van der Waals surface area contributed by atoms with E-state index in [1.54, 1.807) is 16.6 Å². The highest BCUT2D eigenvalue weighted by Crippen LogP contribution is 2.34. The summed E-state index contributed by atoms with van der Waals surface area (Å²) in [7, 11) is 0. The second-order valence-electron chi connectivity index (χ2n) is 9.54. The molecule has 4 aromatic heterocycles. The molecule has 0 fully saturated rings. The second kappa shape index (κ2) is 9.14. The number of rotatable bonds is 2. The lowest BCUT2D eigenvalue weighted by molar-refractivity contribution is 0.103. The first-order valence-electron chi connectivity index (χ1n) is 12.8. The van der Waals surface area contributed by atoms with Crippen molar-refractivity contribution >= 4 is 34.7 Å². The van der Waals surface area contributed by atoms with Crippen molar-refractivity contribution < 1.29 is 9.59 Å². The number of carbonyl (C=O) groups is 2. The lowest BCUT2D eigenvalue weighted by Crippen LogP contribution is -2.06. The van der Waals surface area contributed by atoms with Crippen LogP contribution in [0.1, 0.15) is 43.5 Å². The van der Waals surface area contributed by atoms with Gasteiger partial charge in [0.15, 0.2) is 11.5 Å². The van der Waals surface area contributed by atoms with E-state index in [0.29, 0.717) is 46.2 Å². The Labute approximate surface area is 240 Å². The highest BCUT2D eigenvalue weighted by atomic mass is 35.5. The fraction of sp³-hybridized carbons (Fsp3) is 0.0345. The number of aromatic nitrogens is 10. The zero-order valence-corrected chi connectivity index (χ0v) is 22.1. The van der Waals surface area contributed by atoms with Gasteiger partial charge < -0.3 is 0 Å². The molecule has 0 amide bonds. The van der Waals surface area contributed by atoms with Crippen LogP contribution in [0.2, 0.25) is 5.28 Å². The van der Waals surface area contributed by atoms with Crippen LogP contribution in [0.15, 0.2) is 78.9 Å². The minimum atomic E-state index is -0.153. The molecule has 0 saturated carbocycles. The maximum Gasteiger partial charge on any atom is 0.273 e. The van der Waals surface area contributed by atoms with Crippen molar-refractivity contribution in [1.29, 1.82) is 0 Å². The van der Waals surface area contributed by atoms with Gasteiger partial charge in [-0.3, -0.25) is 9.59 Å². The van der Waals surface area contributed by atoms with Crippen LogP contribution < -0.4 is 0 Å². The van der Waals surface area contributed by atoms with Crippen molar-refractivity contribution in [2.75, 3.05) is 0 Å². The molecule has 3 aromatic carbocycles. The van der Waals surface area contributed by atoms with Gasteiger partial charge in [0.25, 0.3) is 11.6 Å². The summed E-state index contributed by atoms with van der Waals surface area (Å²) in [6.45, 7) is 0. The molecule has 0 unspecified atom stereocenters. The summed E-state index contributed by atoms with van der Waals surface area (Å²) in [5, 5.41) is 24.6. The largest absolute Gasteiger partial charge is 0.287 e. The van der Waals surface area contributed by atoms with E-state index < -0.39 is 0 Å². The van der Waals surface area contributed by atoms with Crippen molar-refractivity contribution in [2.45, 2.75) is 6.42 Å². The van der Waals surface area contributed by atoms with Gasteiger partial charge in [0, 0.05) is 28.7 Å². The highest BCUT2D eigenvalue weighted by Gasteiger charge is 2.32. The third-order valence-corrected chi connectivity index (χ3v) is 7.27. The molecule has 0 saturated heterocycles. The van der Waals surface area contributed by atoms with E-state index in [-0.39, 0.29) is 28.3 Å². The smallest absolute Gasteiger partial charge is 0.273 e. The van der Waals surface area contributed by atoms with Crippen molar-refractivity contribution in [1.82, 2.24) is 49.6 Å². The van der Waals surface area contributed by atoms with E-state index in [1.165, 1.54) is 4.52 Å². The SMILES string of the molecule is O=C1c2ccccc2-c2nc3nnc(Cl)n3nc21.O=C1c2ccccc2-c2nn3c(Cc4ccccc4)nnc3nc21. The molecule has 7 aromatic rings. The van der Waals surface area contributed by atoms with Gasteiger partial charge in [-0.2, -0.15) is 19.2 Å². The molecular weight excluding hydrogens is 556 g/mol. The third-order valence-electron chi connectivity index (χ3n) is 7.04. The molecule has 9 rings (SSSR count). The Hall–Kier alpha value is -5.75. The van der Waals surface area contributed by atoms with Crippen LogP contribution in [0.25, 0.3) is 34.1 Å². The predicted molar refractivity (Wildman–Crippen MR) is 149 cm³/mol. The summed E-state index contributed by atoms with van der Waals surface area (Å²) < 4.78 is 2.88. The molecule has 0 radical (unpaired) electrons. The normalized spacial score (nSPS) is 12.6. The van der Waals surface area contributed by atoms with Crippen molar-refractivity contribution in [3.05, 3.63) is 118 Å². The lowest BCUT2D eigenvalue weighted by atomic mass is 10.1. The Morgan fingerprint density at radius 1 is 0.548 bits per heavy atom. The molecule has 0 spiro atoms. The van der Waals surface area contributed by atoms with Crippen LogP contribution in [0.4, 0.5) is 0 Å². The van der Waals surface area contributed by atoms with Gasteiger partial charge in [-0.25, -0.2) is 9.97 Å². The van der Waals surface area contributed by atoms with Crippen LogP contribution in [-0.2, 0) is 6.42 Å². The van der Waals surface area contributed by atoms with E-state index in [2.05, 4.69) is 40.6 Å². The molecule has 0 atom stereocenters. The summed E-state index contributed by atoms with van der Waals surface area (Å²) in [4.78, 5) is 33.3. The van der Waals surface area contributed by atoms with E-state index in [1.807, 2.05) is 66.7 Å². The zero-order chi connectivity index (χ0) is 28.4. The van der Waals surface area contributed by atoms with E-state index in [9.17, 15) is 9.59 Å². The van der Waals surface area contributed by atoms with Crippen molar-refractivity contribution in [3.8, 4) is 22.5 Å². The maximum absolute atomic E-state index is 12.5. The Morgan fingerprint density at radius 3 is 1.83 bits per heavy atom. The Kier molecular flexibility index (Phi) is 5.24. The standard InChI is InChI=1S/C18H11N5O.C11H4ClN5O/c24-17-13-9-5-4-8-12(13)15-16(17)19-18-21-20-14(23(18)22-15)10-11-6-2-1-3-7-11;12-10-14-15-11-13-7-5-3-1-2-4-6(5)9(18)8(7)16-17(10)11/h1-9H,10H2;1-4H. The zero-order valence-electron chi connectivity index (χ0n) is 21.4. The average molecular weight is 571 g/mol. The second-order valence-corrected chi connectivity index (χ2v) is 9.88. The van der Waals surface area contributed by atoms with Gasteiger partial charge in [0.2, 0.25) is 16.9 Å². The Balaban J connectivity index is 0.000000132. The predicted octanol–water partition coefficient (Wildman–Crippen LogP) is 3.71. The van der Waals surface area contributed by atoms with Crippen LogP contribution in [0.3, 0.4) is 0 Å². The summed E-state index contributed by atoms with van der Waals surface area (Å²) >= 11 is 5.81. The molecule has 2 aliphatic carbocycles. The number of carbonyl (C=O) groups excluding carboxylic acids is 2. The molecule has 0 N–H and O–H groups in total. The monoisotopic (exact) mass is 570 g/mol. The maximum atomic E-state index is 12.5. The summed E-state index contributed by atoms with van der Waals surface area (Å²) in [6.07, 6.45) is 0.602. The molecule has 4 heterocycles. The van der Waals surface area contributed by atoms with Crippen LogP contribution >= 0.6 is 11.6 Å². The highest BCUT2D eigenvalue weighted by molar-refractivity contribution is 6.28. The number of halogens is 1. The first-order valence-corrected chi connectivity index (χ1v) is 13.2. The third kappa shape index (κ3) is 3.62. The van der Waals surface area contributed by atoms with Gasteiger partial charge >= 0.3 is 0 Å². The number of benzene rings is 3. The fourth-order valence-electron chi connectivity index (χ4n) is 5.08. The number of hydrogen-bond acceptors (Lipinski definition) is 10. The van der Waals surface area contributed by atoms with Gasteiger partial charge in [-0.05, 0) is 17.2 Å². The number of fused-ring (bicyclic) bond motifs is 8. The summed E-state index contributed by atoms with van der Waals surface area (Å²) in [5.74, 6) is 1.07. The van der Waals surface area contributed by atoms with E-state index in [4.69, 9.17) is 11.6 Å². The molecule has 13 heteroatoms. The number of ketones is 2. The summed E-state index contributed by atoms with van der Waals surface area (Å²) in [5.41, 5.74) is 5.70. The van der Waals surface area contributed by atoms with Crippen molar-refractivity contribution in [3.63, 3.8) is 0 Å². The molecule has 2 aliphatic rings. The lowest BCUT2D eigenvalue weighted by Gasteiger charge is -2.02. The van der Waals surface area contributed by atoms with Crippen LogP contribution in [-0.4, -0.2) is 61.2 Å². The molecule has 0 bridgehead atoms. The van der Waals surface area contributed by atoms with Gasteiger partial charge in [-0.15, -0.1) is 20.4 Å². The molecule has 200 valence electrons. The average Bonchev–Trinajstić information content (AvgIpc) is 3.76. The summed E-state index contributed by atoms with van der Waals surface area (Å²) in [6, 6.07) is 24.7. The first-order chi connectivity index (χ1) is 20.6. The molecular formula is C29H15ClN10O2. The van der Waals surface area contributed by atoms with Gasteiger partial charge in [0.05, 0.1) is 0 Å². The van der Waals surface area contributed by atoms with Crippen LogP contribution in [0.5, 0.6) is 0 Å². The minimum absolute atomic E-state index is 0.0871. The quantitative estimate of drug-likeness (QED) is 0.301. The number of hydrogen-bond donors (Lipinski definition) is 0. The Bertz CT molecular complexity index is 2240. The molecule has 0 aliphatic heterocycles. The van der Waals surface area contributed by atoms with Gasteiger partial charge in [0.1, 0.15) is 17.1 Å². The van der Waals surface area contributed by atoms with Crippen LogP contribution in [0, 0.1) is 0 Å². The minimum Gasteiger partial charge on any atom is -0.287 e. The Morgan fingerprint density at radius 2 is 1.10 bits per heavy atom. The molecule has 12 nitrogen and oxygen atoms in total.